The smallest absolute Gasteiger partial charge is 0.406 e. The van der Waals surface area contributed by atoms with Crippen LogP contribution in [0.4, 0.5) is 13.2 Å². The van der Waals surface area contributed by atoms with E-state index in [1.54, 1.807) is 6.07 Å². The van der Waals surface area contributed by atoms with Gasteiger partial charge in [-0.3, -0.25) is 4.90 Å². The Morgan fingerprint density at radius 3 is 2.90 bits per heavy atom. The lowest BCUT2D eigenvalue weighted by Crippen LogP contribution is -2.46. The number of hydrogen-bond donors (Lipinski definition) is 1. The van der Waals surface area contributed by atoms with Crippen molar-refractivity contribution in [3.63, 3.8) is 0 Å². The van der Waals surface area contributed by atoms with Crippen LogP contribution >= 0.6 is 0 Å². The minimum atomic E-state index is -4.71. The van der Waals surface area contributed by atoms with Crippen LogP contribution in [0.5, 0.6) is 5.75 Å². The van der Waals surface area contributed by atoms with Gasteiger partial charge in [0, 0.05) is 13.1 Å². The fraction of sp³-hybridized carbons (Fsp3) is 0.571. The zero-order chi connectivity index (χ0) is 15.5. The van der Waals surface area contributed by atoms with Gasteiger partial charge in [-0.2, -0.15) is 0 Å². The zero-order valence-electron chi connectivity index (χ0n) is 11.8. The number of hydrogen-bond acceptors (Lipinski definition) is 4. The van der Waals surface area contributed by atoms with Gasteiger partial charge in [0.15, 0.2) is 0 Å². The molecule has 0 spiro atoms. The Morgan fingerprint density at radius 2 is 2.24 bits per heavy atom. The molecule has 1 heterocycles. The number of likely N-dealkylation sites (N-methyl/N-ethyl adjacent to an activating group) is 1. The summed E-state index contributed by atoms with van der Waals surface area (Å²) in [5.41, 5.74) is 6.70. The largest absolute Gasteiger partial charge is 0.573 e. The van der Waals surface area contributed by atoms with Gasteiger partial charge < -0.3 is 15.2 Å². The van der Waals surface area contributed by atoms with Gasteiger partial charge in [-0.1, -0.05) is 19.1 Å². The van der Waals surface area contributed by atoms with Crippen molar-refractivity contribution in [2.75, 3.05) is 26.2 Å². The fourth-order valence-corrected chi connectivity index (χ4v) is 2.37. The number of nitrogens with two attached hydrogens (primary N) is 1. The maximum Gasteiger partial charge on any atom is 0.573 e. The molecule has 0 bridgehead atoms. The second kappa shape index (κ2) is 6.64. The van der Waals surface area contributed by atoms with Crippen molar-refractivity contribution in [3.05, 3.63) is 29.8 Å². The Bertz CT molecular complexity index is 468. The monoisotopic (exact) mass is 304 g/mol. The highest BCUT2D eigenvalue weighted by Gasteiger charge is 2.32. The molecule has 118 valence electrons. The third-order valence-electron chi connectivity index (χ3n) is 3.50. The molecule has 1 fully saturated rings. The van der Waals surface area contributed by atoms with Crippen LogP contribution in [0.2, 0.25) is 0 Å². The predicted octanol–water partition coefficient (Wildman–Crippen LogP) is 2.31. The van der Waals surface area contributed by atoms with E-state index >= 15 is 0 Å². The van der Waals surface area contributed by atoms with Crippen LogP contribution in [0, 0.1) is 0 Å². The Kier molecular flexibility index (Phi) is 5.08. The zero-order valence-corrected chi connectivity index (χ0v) is 11.8. The quantitative estimate of drug-likeness (QED) is 0.927. The highest BCUT2D eigenvalue weighted by atomic mass is 19.4. The second-order valence-corrected chi connectivity index (χ2v) is 4.95. The van der Waals surface area contributed by atoms with E-state index < -0.39 is 12.4 Å². The van der Waals surface area contributed by atoms with Crippen molar-refractivity contribution < 1.29 is 22.6 Å². The Balaban J connectivity index is 2.08. The number of morpholine rings is 1. The summed E-state index contributed by atoms with van der Waals surface area (Å²) in [5, 5.41) is 0. The van der Waals surface area contributed by atoms with Crippen LogP contribution in [0.25, 0.3) is 0 Å². The summed E-state index contributed by atoms with van der Waals surface area (Å²) >= 11 is 0. The number of alkyl halides is 3. The average molecular weight is 304 g/mol. The van der Waals surface area contributed by atoms with Crippen LogP contribution in [0.3, 0.4) is 0 Å². The molecule has 4 nitrogen and oxygen atoms in total. The van der Waals surface area contributed by atoms with E-state index in [1.165, 1.54) is 18.2 Å². The first-order valence-corrected chi connectivity index (χ1v) is 6.84. The fourth-order valence-electron chi connectivity index (χ4n) is 2.37. The lowest BCUT2D eigenvalue weighted by atomic mass is 10.0. The van der Waals surface area contributed by atoms with Gasteiger partial charge in [-0.05, 0) is 24.2 Å². The molecule has 0 saturated carbocycles. The molecule has 7 heteroatoms. The standard InChI is InChI=1S/C14H19F3N2O2/c1-2-19-6-7-20-12(9-19)13(18)10-4-3-5-11(8-10)21-14(15,16)17/h3-5,8,12-13H,2,6-7,9,18H2,1H3. The molecular formula is C14H19F3N2O2. The molecule has 2 N–H and O–H groups in total. The summed E-state index contributed by atoms with van der Waals surface area (Å²) in [5.74, 6) is -0.265. The molecule has 1 aliphatic rings. The minimum absolute atomic E-state index is 0.236. The molecule has 0 radical (unpaired) electrons. The normalized spacial score (nSPS) is 22.0. The SMILES string of the molecule is CCN1CCOC(C(N)c2cccc(OC(F)(F)F)c2)C1. The Morgan fingerprint density at radius 1 is 1.48 bits per heavy atom. The van der Waals surface area contributed by atoms with Gasteiger partial charge in [0.2, 0.25) is 0 Å². The lowest BCUT2D eigenvalue weighted by molar-refractivity contribution is -0.274. The molecule has 0 aromatic heterocycles. The second-order valence-electron chi connectivity index (χ2n) is 4.95. The number of halogens is 3. The Hall–Kier alpha value is -1.31. The molecule has 1 aromatic rings. The van der Waals surface area contributed by atoms with Crippen LogP contribution < -0.4 is 10.5 Å². The summed E-state index contributed by atoms with van der Waals surface area (Å²) < 4.78 is 46.3. The van der Waals surface area contributed by atoms with Crippen LogP contribution in [-0.2, 0) is 4.74 Å². The van der Waals surface area contributed by atoms with Gasteiger partial charge in [-0.25, -0.2) is 0 Å². The molecule has 1 aromatic carbocycles. The molecule has 2 unspecified atom stereocenters. The van der Waals surface area contributed by atoms with E-state index in [4.69, 9.17) is 10.5 Å². The Labute approximate surface area is 121 Å². The number of benzene rings is 1. The van der Waals surface area contributed by atoms with Crippen molar-refractivity contribution in [1.29, 1.82) is 0 Å². The summed E-state index contributed by atoms with van der Waals surface area (Å²) in [4.78, 5) is 2.20. The summed E-state index contributed by atoms with van der Waals surface area (Å²) in [6, 6.07) is 5.26. The van der Waals surface area contributed by atoms with Crippen LogP contribution in [-0.4, -0.2) is 43.6 Å². The molecule has 1 aliphatic heterocycles. The summed E-state index contributed by atoms with van der Waals surface area (Å²) in [7, 11) is 0. The molecule has 0 amide bonds. The van der Waals surface area contributed by atoms with Gasteiger partial charge in [0.25, 0.3) is 0 Å². The summed E-state index contributed by atoms with van der Waals surface area (Å²) in [6.07, 6.45) is -4.94. The average Bonchev–Trinajstić information content (AvgIpc) is 2.45. The lowest BCUT2D eigenvalue weighted by Gasteiger charge is -2.35. The number of nitrogens with zero attached hydrogens (tertiary/aromatic N) is 1. The van der Waals surface area contributed by atoms with E-state index in [2.05, 4.69) is 9.64 Å². The highest BCUT2D eigenvalue weighted by Crippen LogP contribution is 2.27. The van der Waals surface area contributed by atoms with E-state index in [0.717, 1.165) is 13.1 Å². The topological polar surface area (TPSA) is 47.7 Å². The molecule has 1 saturated heterocycles. The van der Waals surface area contributed by atoms with Crippen molar-refractivity contribution in [1.82, 2.24) is 4.90 Å². The maximum absolute atomic E-state index is 12.2. The first-order chi connectivity index (χ1) is 9.89. The maximum atomic E-state index is 12.2. The molecule has 2 rings (SSSR count). The molecule has 21 heavy (non-hydrogen) atoms. The van der Waals surface area contributed by atoms with E-state index in [9.17, 15) is 13.2 Å². The first-order valence-electron chi connectivity index (χ1n) is 6.84. The van der Waals surface area contributed by atoms with Gasteiger partial charge in [0.05, 0.1) is 18.8 Å². The molecule has 0 aliphatic carbocycles. The third kappa shape index (κ3) is 4.59. The minimum Gasteiger partial charge on any atom is -0.406 e. The first kappa shape index (κ1) is 16.1. The van der Waals surface area contributed by atoms with Gasteiger partial charge >= 0.3 is 6.36 Å². The van der Waals surface area contributed by atoms with Crippen LogP contribution in [0.1, 0.15) is 18.5 Å². The van der Waals surface area contributed by atoms with Crippen LogP contribution in [0.15, 0.2) is 24.3 Å². The highest BCUT2D eigenvalue weighted by molar-refractivity contribution is 5.31. The third-order valence-corrected chi connectivity index (χ3v) is 3.50. The van der Waals surface area contributed by atoms with E-state index in [1.807, 2.05) is 6.92 Å². The number of ether oxygens (including phenoxy) is 2. The molecule has 2 atom stereocenters. The van der Waals surface area contributed by atoms with Crippen molar-refractivity contribution in [2.24, 2.45) is 5.73 Å². The van der Waals surface area contributed by atoms with Gasteiger partial charge in [-0.15, -0.1) is 13.2 Å². The van der Waals surface area contributed by atoms with Gasteiger partial charge in [0.1, 0.15) is 5.75 Å². The van der Waals surface area contributed by atoms with Crippen molar-refractivity contribution in [2.45, 2.75) is 25.4 Å². The number of rotatable bonds is 4. The van der Waals surface area contributed by atoms with E-state index in [0.29, 0.717) is 18.7 Å². The van der Waals surface area contributed by atoms with E-state index in [-0.39, 0.29) is 11.9 Å². The summed E-state index contributed by atoms with van der Waals surface area (Å²) in [6.45, 7) is 5.03. The van der Waals surface area contributed by atoms with Crippen molar-refractivity contribution in [3.8, 4) is 5.75 Å². The molecular weight excluding hydrogens is 285 g/mol. The predicted molar refractivity (Wildman–Crippen MR) is 71.9 cm³/mol. The van der Waals surface area contributed by atoms with Crippen molar-refractivity contribution >= 4 is 0 Å².